The highest BCUT2D eigenvalue weighted by Gasteiger charge is 2.12. The largest absolute Gasteiger partial charge is 0.398 e. The fourth-order valence-electron chi connectivity index (χ4n) is 1.21. The van der Waals surface area contributed by atoms with E-state index in [0.717, 1.165) is 6.07 Å². The molecule has 0 heterocycles. The summed E-state index contributed by atoms with van der Waals surface area (Å²) in [4.78, 5) is 10.8. The first kappa shape index (κ1) is 11.8. The molecular weight excluding hydrogens is 211 g/mol. The van der Waals surface area contributed by atoms with E-state index in [1.165, 1.54) is 6.07 Å². The van der Waals surface area contributed by atoms with E-state index < -0.39 is 11.7 Å². The molecule has 0 saturated carbocycles. The molecule has 6 heteroatoms. The number of aryl methyl sites for hydroxylation is 1. The van der Waals surface area contributed by atoms with Gasteiger partial charge in [-0.15, -0.1) is 0 Å². The summed E-state index contributed by atoms with van der Waals surface area (Å²) in [5.41, 5.74) is 21.8. The Kier molecular flexibility index (Phi) is 3.03. The van der Waals surface area contributed by atoms with Gasteiger partial charge in [-0.1, -0.05) is 0 Å². The average molecular weight is 224 g/mol. The Hall–Kier alpha value is -2.24. The minimum Gasteiger partial charge on any atom is -0.398 e. The third-order valence-electron chi connectivity index (χ3n) is 2.18. The Bertz CT molecular complexity index is 482. The molecule has 0 aliphatic heterocycles. The second-order valence-corrected chi connectivity index (χ2v) is 3.38. The molecule has 0 aliphatic carbocycles. The van der Waals surface area contributed by atoms with Crippen molar-refractivity contribution >= 4 is 17.3 Å². The molecule has 0 bridgehead atoms. The van der Waals surface area contributed by atoms with E-state index in [1.807, 2.05) is 0 Å². The molecule has 0 aromatic heterocycles. The molecular formula is C10H13FN4O. The monoisotopic (exact) mass is 224 g/mol. The highest BCUT2D eigenvalue weighted by molar-refractivity contribution is 5.99. The summed E-state index contributed by atoms with van der Waals surface area (Å²) in [5, 5.41) is 0. The van der Waals surface area contributed by atoms with Gasteiger partial charge < -0.3 is 22.9 Å². The number of nitrogen functional groups attached to an aromatic ring is 1. The lowest BCUT2D eigenvalue weighted by molar-refractivity contribution is -0.114. The smallest absolute Gasteiger partial charge is 0.266 e. The SMILES string of the molecule is Cc1cc(N)c(/C(N)=C(\N)C(N)=O)cc1F. The summed E-state index contributed by atoms with van der Waals surface area (Å²) in [6.45, 7) is 1.56. The molecule has 0 fully saturated rings. The predicted octanol–water partition coefficient (Wildman–Crippen LogP) is -0.212. The van der Waals surface area contributed by atoms with E-state index in [4.69, 9.17) is 22.9 Å². The molecule has 0 unspecified atom stereocenters. The predicted molar refractivity (Wildman–Crippen MR) is 60.0 cm³/mol. The first-order valence-electron chi connectivity index (χ1n) is 4.45. The molecule has 1 amide bonds. The third kappa shape index (κ3) is 2.05. The normalized spacial score (nSPS) is 12.1. The van der Waals surface area contributed by atoms with Crippen molar-refractivity contribution in [1.82, 2.24) is 0 Å². The number of carbonyl (C=O) groups excluding carboxylic acids is 1. The second-order valence-electron chi connectivity index (χ2n) is 3.38. The fraction of sp³-hybridized carbons (Fsp3) is 0.100. The lowest BCUT2D eigenvalue weighted by Gasteiger charge is -2.09. The number of halogens is 1. The number of nitrogens with two attached hydrogens (primary N) is 4. The molecule has 1 rings (SSSR count). The molecule has 0 radical (unpaired) electrons. The number of rotatable bonds is 2. The Balaban J connectivity index is 3.40. The summed E-state index contributed by atoms with van der Waals surface area (Å²) in [6.07, 6.45) is 0. The third-order valence-corrected chi connectivity index (χ3v) is 2.18. The zero-order chi connectivity index (χ0) is 12.5. The summed E-state index contributed by atoms with van der Waals surface area (Å²) < 4.78 is 13.3. The van der Waals surface area contributed by atoms with Crippen LogP contribution >= 0.6 is 0 Å². The van der Waals surface area contributed by atoms with Crippen LogP contribution in [-0.4, -0.2) is 5.91 Å². The van der Waals surface area contributed by atoms with Crippen molar-refractivity contribution in [1.29, 1.82) is 0 Å². The van der Waals surface area contributed by atoms with Gasteiger partial charge in [-0.05, 0) is 24.6 Å². The van der Waals surface area contributed by atoms with Gasteiger partial charge in [0.15, 0.2) is 0 Å². The van der Waals surface area contributed by atoms with Crippen LogP contribution in [0.1, 0.15) is 11.1 Å². The van der Waals surface area contributed by atoms with Crippen LogP contribution in [0.25, 0.3) is 5.70 Å². The first-order valence-corrected chi connectivity index (χ1v) is 4.45. The van der Waals surface area contributed by atoms with Crippen LogP contribution in [0.5, 0.6) is 0 Å². The Morgan fingerprint density at radius 3 is 2.31 bits per heavy atom. The number of anilines is 1. The first-order chi connectivity index (χ1) is 7.34. The maximum absolute atomic E-state index is 13.3. The van der Waals surface area contributed by atoms with Gasteiger partial charge in [0.25, 0.3) is 5.91 Å². The van der Waals surface area contributed by atoms with E-state index >= 15 is 0 Å². The van der Waals surface area contributed by atoms with Gasteiger partial charge in [0.1, 0.15) is 11.5 Å². The maximum atomic E-state index is 13.3. The molecule has 0 aliphatic rings. The Labute approximate surface area is 91.9 Å². The zero-order valence-corrected chi connectivity index (χ0v) is 8.75. The summed E-state index contributed by atoms with van der Waals surface area (Å²) in [5.74, 6) is -1.36. The number of primary amides is 1. The van der Waals surface area contributed by atoms with Gasteiger partial charge in [-0.25, -0.2) is 4.39 Å². The van der Waals surface area contributed by atoms with Crippen LogP contribution in [-0.2, 0) is 4.79 Å². The summed E-state index contributed by atoms with van der Waals surface area (Å²) >= 11 is 0. The Morgan fingerprint density at radius 2 is 1.81 bits per heavy atom. The lowest BCUT2D eigenvalue weighted by Crippen LogP contribution is -2.24. The van der Waals surface area contributed by atoms with E-state index in [9.17, 15) is 9.18 Å². The van der Waals surface area contributed by atoms with Crippen LogP contribution in [0.15, 0.2) is 17.8 Å². The number of hydrogen-bond acceptors (Lipinski definition) is 4. The molecule has 0 saturated heterocycles. The van der Waals surface area contributed by atoms with Gasteiger partial charge in [0.2, 0.25) is 0 Å². The minimum absolute atomic E-state index is 0.121. The van der Waals surface area contributed by atoms with Crippen molar-refractivity contribution < 1.29 is 9.18 Å². The minimum atomic E-state index is -0.877. The molecule has 1 aromatic rings. The van der Waals surface area contributed by atoms with E-state index in [0.29, 0.717) is 5.56 Å². The zero-order valence-electron chi connectivity index (χ0n) is 8.75. The van der Waals surface area contributed by atoms with E-state index in [-0.39, 0.29) is 22.6 Å². The van der Waals surface area contributed by atoms with Crippen molar-refractivity contribution in [3.8, 4) is 0 Å². The van der Waals surface area contributed by atoms with Gasteiger partial charge in [0.05, 0.1) is 5.70 Å². The van der Waals surface area contributed by atoms with E-state index in [2.05, 4.69) is 0 Å². The van der Waals surface area contributed by atoms with Crippen molar-refractivity contribution in [3.63, 3.8) is 0 Å². The van der Waals surface area contributed by atoms with Gasteiger partial charge in [-0.3, -0.25) is 4.79 Å². The van der Waals surface area contributed by atoms with Crippen LogP contribution < -0.4 is 22.9 Å². The molecule has 0 atom stereocenters. The second kappa shape index (κ2) is 4.09. The quantitative estimate of drug-likeness (QED) is 0.410. The highest BCUT2D eigenvalue weighted by Crippen LogP contribution is 2.22. The van der Waals surface area contributed by atoms with Gasteiger partial charge in [-0.2, -0.15) is 0 Å². The number of benzene rings is 1. The average Bonchev–Trinajstić information content (AvgIpc) is 2.21. The van der Waals surface area contributed by atoms with Crippen molar-refractivity contribution in [3.05, 3.63) is 34.8 Å². The molecule has 16 heavy (non-hydrogen) atoms. The van der Waals surface area contributed by atoms with Crippen molar-refractivity contribution in [2.45, 2.75) is 6.92 Å². The lowest BCUT2D eigenvalue weighted by atomic mass is 10.1. The van der Waals surface area contributed by atoms with Crippen molar-refractivity contribution in [2.75, 3.05) is 5.73 Å². The molecule has 1 aromatic carbocycles. The van der Waals surface area contributed by atoms with Crippen LogP contribution in [0, 0.1) is 12.7 Å². The summed E-state index contributed by atoms with van der Waals surface area (Å²) in [7, 11) is 0. The van der Waals surface area contributed by atoms with Gasteiger partial charge in [0, 0.05) is 11.3 Å². The van der Waals surface area contributed by atoms with Crippen LogP contribution in [0.3, 0.4) is 0 Å². The topological polar surface area (TPSA) is 121 Å². The number of amides is 1. The van der Waals surface area contributed by atoms with Crippen molar-refractivity contribution in [2.24, 2.45) is 17.2 Å². The van der Waals surface area contributed by atoms with Gasteiger partial charge >= 0.3 is 0 Å². The number of hydrogen-bond donors (Lipinski definition) is 4. The highest BCUT2D eigenvalue weighted by atomic mass is 19.1. The van der Waals surface area contributed by atoms with Crippen LogP contribution in [0.2, 0.25) is 0 Å². The molecule has 86 valence electrons. The number of carbonyl (C=O) groups is 1. The molecule has 0 spiro atoms. The summed E-state index contributed by atoms with van der Waals surface area (Å²) in [6, 6.07) is 2.53. The van der Waals surface area contributed by atoms with E-state index in [1.54, 1.807) is 6.92 Å². The van der Waals surface area contributed by atoms with Crippen LogP contribution in [0.4, 0.5) is 10.1 Å². The fourth-order valence-corrected chi connectivity index (χ4v) is 1.21. The molecule has 8 N–H and O–H groups in total. The maximum Gasteiger partial charge on any atom is 0.266 e. The Morgan fingerprint density at radius 1 is 1.25 bits per heavy atom. The standard InChI is InChI=1S/C10H13FN4O/c1-4-2-7(12)5(3-6(4)11)8(13)9(14)10(15)16/h2-3H,12-14H2,1H3,(H2,15,16)/b9-8+. The molecule has 5 nitrogen and oxygen atoms in total.